The van der Waals surface area contributed by atoms with E-state index in [0.29, 0.717) is 12.8 Å². The van der Waals surface area contributed by atoms with E-state index in [9.17, 15) is 13.6 Å². The molecule has 2 N–H and O–H groups in total. The first-order valence-corrected chi connectivity index (χ1v) is 5.83. The maximum absolute atomic E-state index is 13.5. The lowest BCUT2D eigenvalue weighted by Gasteiger charge is -2.25. The standard InChI is InChI=1S/C13H15F2NO/c14-10-5-2-6-11(15)12(10)13(17)8-3-1-4-9(16)7-8/h2,5-6,8-9H,1,3-4,7,16H2. The molecule has 1 aromatic rings. The molecule has 0 heterocycles. The largest absolute Gasteiger partial charge is 0.328 e. The van der Waals surface area contributed by atoms with Gasteiger partial charge in [-0.1, -0.05) is 12.5 Å². The van der Waals surface area contributed by atoms with Gasteiger partial charge in [-0.15, -0.1) is 0 Å². The molecule has 1 aromatic carbocycles. The van der Waals surface area contributed by atoms with Gasteiger partial charge in [0.15, 0.2) is 5.78 Å². The van der Waals surface area contributed by atoms with Gasteiger partial charge in [0, 0.05) is 12.0 Å². The number of Topliss-reactive ketones (excluding diaryl/α,β-unsaturated/α-hetero) is 1. The van der Waals surface area contributed by atoms with Crippen LogP contribution >= 0.6 is 0 Å². The van der Waals surface area contributed by atoms with Crippen molar-refractivity contribution >= 4 is 5.78 Å². The quantitative estimate of drug-likeness (QED) is 0.806. The van der Waals surface area contributed by atoms with Crippen molar-refractivity contribution in [3.63, 3.8) is 0 Å². The lowest BCUT2D eigenvalue weighted by molar-refractivity contribution is 0.0872. The van der Waals surface area contributed by atoms with Crippen LogP contribution in [0.4, 0.5) is 8.78 Å². The Morgan fingerprint density at radius 3 is 2.47 bits per heavy atom. The summed E-state index contributed by atoms with van der Waals surface area (Å²) in [6.45, 7) is 0. The number of ketones is 1. The summed E-state index contributed by atoms with van der Waals surface area (Å²) in [4.78, 5) is 12.1. The molecule has 0 amide bonds. The van der Waals surface area contributed by atoms with E-state index < -0.39 is 23.0 Å². The average Bonchev–Trinajstić information content (AvgIpc) is 2.28. The van der Waals surface area contributed by atoms with Crippen LogP contribution < -0.4 is 5.73 Å². The zero-order chi connectivity index (χ0) is 12.4. The molecule has 1 aliphatic rings. The third-order valence-electron chi connectivity index (χ3n) is 3.29. The van der Waals surface area contributed by atoms with E-state index in [4.69, 9.17) is 5.73 Å². The van der Waals surface area contributed by atoms with E-state index in [2.05, 4.69) is 0 Å². The first kappa shape index (κ1) is 12.2. The lowest BCUT2D eigenvalue weighted by atomic mass is 9.81. The summed E-state index contributed by atoms with van der Waals surface area (Å²) < 4.78 is 26.9. The molecule has 1 saturated carbocycles. The molecule has 0 bridgehead atoms. The first-order chi connectivity index (χ1) is 8.09. The van der Waals surface area contributed by atoms with Crippen LogP contribution in [0.1, 0.15) is 36.0 Å². The Balaban J connectivity index is 2.24. The van der Waals surface area contributed by atoms with Crippen LogP contribution in [0.3, 0.4) is 0 Å². The molecule has 2 atom stereocenters. The second-order valence-corrected chi connectivity index (χ2v) is 4.58. The predicted octanol–water partition coefficient (Wildman–Crippen LogP) is 2.67. The number of benzene rings is 1. The van der Waals surface area contributed by atoms with Gasteiger partial charge >= 0.3 is 0 Å². The molecule has 0 saturated heterocycles. The average molecular weight is 239 g/mol. The summed E-state index contributed by atoms with van der Waals surface area (Å²) in [6, 6.07) is 3.44. The fraction of sp³-hybridized carbons (Fsp3) is 0.462. The highest BCUT2D eigenvalue weighted by atomic mass is 19.1. The van der Waals surface area contributed by atoms with Crippen LogP contribution in [0, 0.1) is 17.6 Å². The Hall–Kier alpha value is -1.29. The van der Waals surface area contributed by atoms with Gasteiger partial charge in [0.05, 0.1) is 5.56 Å². The van der Waals surface area contributed by atoms with Crippen molar-refractivity contribution in [3.05, 3.63) is 35.4 Å². The molecule has 17 heavy (non-hydrogen) atoms. The van der Waals surface area contributed by atoms with Crippen molar-refractivity contribution in [2.45, 2.75) is 31.7 Å². The molecule has 2 nitrogen and oxygen atoms in total. The Bertz CT molecular complexity index is 413. The molecule has 92 valence electrons. The number of nitrogens with two attached hydrogens (primary N) is 1. The molecule has 4 heteroatoms. The highest BCUT2D eigenvalue weighted by Crippen LogP contribution is 2.28. The van der Waals surface area contributed by atoms with Crippen LogP contribution in [0.2, 0.25) is 0 Å². The zero-order valence-corrected chi connectivity index (χ0v) is 9.46. The van der Waals surface area contributed by atoms with Crippen molar-refractivity contribution in [1.29, 1.82) is 0 Å². The Labute approximate surface area is 98.8 Å². The van der Waals surface area contributed by atoms with E-state index in [1.54, 1.807) is 0 Å². The maximum atomic E-state index is 13.5. The van der Waals surface area contributed by atoms with E-state index in [0.717, 1.165) is 25.0 Å². The summed E-state index contributed by atoms with van der Waals surface area (Å²) in [7, 11) is 0. The SMILES string of the molecule is NC1CCCC(C(=O)c2c(F)cccc2F)C1. The number of hydrogen-bond donors (Lipinski definition) is 1. The highest BCUT2D eigenvalue weighted by molar-refractivity contribution is 5.98. The minimum atomic E-state index is -0.783. The molecule has 1 aliphatic carbocycles. The highest BCUT2D eigenvalue weighted by Gasteiger charge is 2.29. The van der Waals surface area contributed by atoms with Gasteiger partial charge in [-0.2, -0.15) is 0 Å². The molecule has 0 aliphatic heterocycles. The van der Waals surface area contributed by atoms with E-state index >= 15 is 0 Å². The summed E-state index contributed by atoms with van der Waals surface area (Å²) >= 11 is 0. The van der Waals surface area contributed by atoms with Crippen molar-refractivity contribution in [2.24, 2.45) is 11.7 Å². The van der Waals surface area contributed by atoms with Crippen LogP contribution in [-0.2, 0) is 0 Å². The Morgan fingerprint density at radius 1 is 1.24 bits per heavy atom. The lowest BCUT2D eigenvalue weighted by Crippen LogP contribution is -2.32. The molecular formula is C13H15F2NO. The van der Waals surface area contributed by atoms with Crippen LogP contribution in [-0.4, -0.2) is 11.8 Å². The summed E-state index contributed by atoms with van der Waals surface area (Å²) in [5.74, 6) is -2.36. The van der Waals surface area contributed by atoms with Gasteiger partial charge in [-0.05, 0) is 31.4 Å². The van der Waals surface area contributed by atoms with Gasteiger partial charge in [0.1, 0.15) is 11.6 Å². The predicted molar refractivity (Wildman–Crippen MR) is 60.6 cm³/mol. The van der Waals surface area contributed by atoms with Crippen molar-refractivity contribution in [3.8, 4) is 0 Å². The molecular weight excluding hydrogens is 224 g/mol. The van der Waals surface area contributed by atoms with Gasteiger partial charge < -0.3 is 5.73 Å². The maximum Gasteiger partial charge on any atom is 0.171 e. The Morgan fingerprint density at radius 2 is 1.88 bits per heavy atom. The second-order valence-electron chi connectivity index (χ2n) is 4.58. The second kappa shape index (κ2) is 4.92. The van der Waals surface area contributed by atoms with Crippen LogP contribution in [0.5, 0.6) is 0 Å². The Kier molecular flexibility index (Phi) is 3.52. The normalized spacial score (nSPS) is 24.6. The third-order valence-corrected chi connectivity index (χ3v) is 3.29. The van der Waals surface area contributed by atoms with Crippen molar-refractivity contribution in [1.82, 2.24) is 0 Å². The number of halogens is 2. The number of hydrogen-bond acceptors (Lipinski definition) is 2. The van der Waals surface area contributed by atoms with Gasteiger partial charge in [0.2, 0.25) is 0 Å². The monoisotopic (exact) mass is 239 g/mol. The molecule has 2 rings (SSSR count). The van der Waals surface area contributed by atoms with Crippen molar-refractivity contribution in [2.75, 3.05) is 0 Å². The van der Waals surface area contributed by atoms with E-state index in [1.807, 2.05) is 0 Å². The number of rotatable bonds is 2. The minimum Gasteiger partial charge on any atom is -0.328 e. The summed E-state index contributed by atoms with van der Waals surface area (Å²) in [5.41, 5.74) is 5.37. The first-order valence-electron chi connectivity index (χ1n) is 5.83. The van der Waals surface area contributed by atoms with Crippen molar-refractivity contribution < 1.29 is 13.6 Å². The van der Waals surface area contributed by atoms with Gasteiger partial charge in [-0.25, -0.2) is 8.78 Å². The fourth-order valence-corrected chi connectivity index (χ4v) is 2.40. The van der Waals surface area contributed by atoms with Gasteiger partial charge in [0.25, 0.3) is 0 Å². The zero-order valence-electron chi connectivity index (χ0n) is 9.46. The van der Waals surface area contributed by atoms with Crippen LogP contribution in [0.15, 0.2) is 18.2 Å². The molecule has 0 aromatic heterocycles. The van der Waals surface area contributed by atoms with Crippen LogP contribution in [0.25, 0.3) is 0 Å². The number of carbonyl (C=O) groups is 1. The molecule has 1 fully saturated rings. The van der Waals surface area contributed by atoms with E-state index in [-0.39, 0.29) is 12.0 Å². The van der Waals surface area contributed by atoms with Gasteiger partial charge in [-0.3, -0.25) is 4.79 Å². The third kappa shape index (κ3) is 2.52. The molecule has 0 spiro atoms. The van der Waals surface area contributed by atoms with E-state index in [1.165, 1.54) is 6.07 Å². The summed E-state index contributed by atoms with van der Waals surface area (Å²) in [5, 5.41) is 0. The molecule has 0 radical (unpaired) electrons. The fourth-order valence-electron chi connectivity index (χ4n) is 2.40. The molecule has 2 unspecified atom stereocenters. The summed E-state index contributed by atoms with van der Waals surface area (Å²) in [6.07, 6.45) is 2.91. The smallest absolute Gasteiger partial charge is 0.171 e. The topological polar surface area (TPSA) is 43.1 Å². The minimum absolute atomic E-state index is 0.0347. The number of carbonyl (C=O) groups excluding carboxylic acids is 1.